The highest BCUT2D eigenvalue weighted by molar-refractivity contribution is 9.10. The minimum Gasteiger partial charge on any atom is -0.507 e. The van der Waals surface area contributed by atoms with E-state index < -0.39 is 0 Å². The average molecular weight is 480 g/mol. The van der Waals surface area contributed by atoms with E-state index in [1.54, 1.807) is 53.1 Å². The zero-order valence-electron chi connectivity index (χ0n) is 14.6. The summed E-state index contributed by atoms with van der Waals surface area (Å²) in [6.45, 7) is 4.20. The lowest BCUT2D eigenvalue weighted by Gasteiger charge is -2.09. The van der Waals surface area contributed by atoms with Crippen molar-refractivity contribution >= 4 is 50.9 Å². The third-order valence-corrected chi connectivity index (χ3v) is 5.40. The van der Waals surface area contributed by atoms with Crippen LogP contribution in [0.2, 0.25) is 5.02 Å². The van der Waals surface area contributed by atoms with Crippen LogP contribution in [-0.4, -0.2) is 31.5 Å². The molecule has 2 N–H and O–H groups in total. The summed E-state index contributed by atoms with van der Waals surface area (Å²) in [5.74, 6) is 0.576. The standard InChI is InChI=1S/C19H16BrClN4O2S/c1-2-9-25-18(15-10-12(20)3-8-16(15)26)23-24-19(25)28-11-17(27)22-14-6-4-13(21)5-7-14/h2-8,10,26H,1,9,11H2,(H,22,27). The van der Waals surface area contributed by atoms with Crippen LogP contribution < -0.4 is 5.32 Å². The fraction of sp³-hybridized carbons (Fsp3) is 0.105. The molecule has 9 heteroatoms. The smallest absolute Gasteiger partial charge is 0.234 e. The maximum Gasteiger partial charge on any atom is 0.234 e. The topological polar surface area (TPSA) is 80.0 Å². The Morgan fingerprint density at radius 1 is 1.29 bits per heavy atom. The van der Waals surface area contributed by atoms with Crippen molar-refractivity contribution in [3.63, 3.8) is 0 Å². The summed E-state index contributed by atoms with van der Waals surface area (Å²) in [6.07, 6.45) is 1.71. The number of aromatic nitrogens is 3. The van der Waals surface area contributed by atoms with Gasteiger partial charge in [-0.1, -0.05) is 45.4 Å². The second-order valence-electron chi connectivity index (χ2n) is 5.71. The normalized spacial score (nSPS) is 10.6. The number of anilines is 1. The molecule has 0 aliphatic carbocycles. The van der Waals surface area contributed by atoms with Crippen molar-refractivity contribution in [2.75, 3.05) is 11.1 Å². The van der Waals surface area contributed by atoms with Crippen molar-refractivity contribution in [1.82, 2.24) is 14.8 Å². The van der Waals surface area contributed by atoms with E-state index in [9.17, 15) is 9.90 Å². The number of hydrogen-bond acceptors (Lipinski definition) is 5. The Bertz CT molecular complexity index is 1010. The molecule has 3 aromatic rings. The molecule has 1 amide bonds. The van der Waals surface area contributed by atoms with Gasteiger partial charge in [-0.3, -0.25) is 9.36 Å². The lowest BCUT2D eigenvalue weighted by molar-refractivity contribution is -0.113. The summed E-state index contributed by atoms with van der Waals surface area (Å²) in [6, 6.07) is 12.0. The van der Waals surface area contributed by atoms with Gasteiger partial charge in [0, 0.05) is 21.7 Å². The Morgan fingerprint density at radius 2 is 2.04 bits per heavy atom. The molecule has 0 saturated carbocycles. The van der Waals surface area contributed by atoms with E-state index in [-0.39, 0.29) is 17.4 Å². The molecule has 0 saturated heterocycles. The summed E-state index contributed by atoms with van der Waals surface area (Å²) in [7, 11) is 0. The first-order valence-corrected chi connectivity index (χ1v) is 10.3. The minimum absolute atomic E-state index is 0.0953. The zero-order valence-corrected chi connectivity index (χ0v) is 17.8. The minimum atomic E-state index is -0.174. The van der Waals surface area contributed by atoms with Crippen LogP contribution in [0.4, 0.5) is 5.69 Å². The Balaban J connectivity index is 1.76. The molecule has 2 aromatic carbocycles. The van der Waals surface area contributed by atoms with E-state index in [4.69, 9.17) is 11.6 Å². The molecule has 6 nitrogen and oxygen atoms in total. The Morgan fingerprint density at radius 3 is 2.75 bits per heavy atom. The molecule has 144 valence electrons. The van der Waals surface area contributed by atoms with Crippen molar-refractivity contribution < 1.29 is 9.90 Å². The van der Waals surface area contributed by atoms with E-state index >= 15 is 0 Å². The van der Waals surface area contributed by atoms with Crippen LogP contribution in [0.25, 0.3) is 11.4 Å². The number of benzene rings is 2. The second kappa shape index (κ2) is 9.27. The van der Waals surface area contributed by atoms with Gasteiger partial charge in [0.05, 0.1) is 11.3 Å². The third-order valence-electron chi connectivity index (χ3n) is 3.69. The molecule has 0 atom stereocenters. The number of carbonyl (C=O) groups excluding carboxylic acids is 1. The molecule has 3 rings (SSSR count). The van der Waals surface area contributed by atoms with Gasteiger partial charge in [-0.05, 0) is 42.5 Å². The zero-order chi connectivity index (χ0) is 20.1. The van der Waals surface area contributed by atoms with Gasteiger partial charge in [0.1, 0.15) is 5.75 Å². The van der Waals surface area contributed by atoms with Crippen molar-refractivity contribution in [1.29, 1.82) is 0 Å². The Labute approximate surface area is 179 Å². The van der Waals surface area contributed by atoms with Crippen LogP contribution in [0.5, 0.6) is 5.75 Å². The van der Waals surface area contributed by atoms with Crippen LogP contribution in [0.3, 0.4) is 0 Å². The van der Waals surface area contributed by atoms with Crippen molar-refractivity contribution in [2.24, 2.45) is 0 Å². The first kappa shape index (κ1) is 20.4. The lowest BCUT2D eigenvalue weighted by atomic mass is 10.2. The highest BCUT2D eigenvalue weighted by atomic mass is 79.9. The van der Waals surface area contributed by atoms with Gasteiger partial charge in [0.15, 0.2) is 11.0 Å². The largest absolute Gasteiger partial charge is 0.507 e. The van der Waals surface area contributed by atoms with Crippen LogP contribution in [0.1, 0.15) is 0 Å². The van der Waals surface area contributed by atoms with Gasteiger partial charge in [0.2, 0.25) is 5.91 Å². The average Bonchev–Trinajstić information content (AvgIpc) is 3.07. The number of allylic oxidation sites excluding steroid dienone is 1. The number of hydrogen-bond donors (Lipinski definition) is 2. The van der Waals surface area contributed by atoms with E-state index in [1.807, 2.05) is 0 Å². The molecule has 0 aliphatic rings. The van der Waals surface area contributed by atoms with E-state index in [0.29, 0.717) is 33.8 Å². The molecule has 28 heavy (non-hydrogen) atoms. The van der Waals surface area contributed by atoms with Gasteiger partial charge >= 0.3 is 0 Å². The fourth-order valence-electron chi connectivity index (χ4n) is 2.44. The number of aromatic hydroxyl groups is 1. The fourth-order valence-corrected chi connectivity index (χ4v) is 3.67. The Hall–Kier alpha value is -2.29. The van der Waals surface area contributed by atoms with Gasteiger partial charge in [-0.15, -0.1) is 16.8 Å². The summed E-state index contributed by atoms with van der Waals surface area (Å²) in [4.78, 5) is 12.2. The molecule has 0 unspecified atom stereocenters. The maximum absolute atomic E-state index is 12.2. The van der Waals surface area contributed by atoms with E-state index in [0.717, 1.165) is 4.47 Å². The quantitative estimate of drug-likeness (QED) is 0.369. The van der Waals surface area contributed by atoms with Crippen molar-refractivity contribution in [2.45, 2.75) is 11.7 Å². The summed E-state index contributed by atoms with van der Waals surface area (Å²) in [5, 5.41) is 22.5. The number of thioether (sulfide) groups is 1. The SMILES string of the molecule is C=CCn1c(SCC(=O)Nc2ccc(Cl)cc2)nnc1-c1cc(Br)ccc1O. The first-order chi connectivity index (χ1) is 13.5. The molecule has 1 aromatic heterocycles. The number of phenols is 1. The van der Waals surface area contributed by atoms with Crippen molar-refractivity contribution in [3.05, 3.63) is 64.6 Å². The highest BCUT2D eigenvalue weighted by Crippen LogP contribution is 2.32. The van der Waals surface area contributed by atoms with Gasteiger partial charge in [-0.25, -0.2) is 0 Å². The van der Waals surface area contributed by atoms with Crippen LogP contribution in [-0.2, 0) is 11.3 Å². The van der Waals surface area contributed by atoms with Gasteiger partial charge in [0.25, 0.3) is 0 Å². The predicted octanol–water partition coefficient (Wildman–Crippen LogP) is 4.98. The van der Waals surface area contributed by atoms with Gasteiger partial charge < -0.3 is 10.4 Å². The van der Waals surface area contributed by atoms with E-state index in [2.05, 4.69) is 38.0 Å². The van der Waals surface area contributed by atoms with Crippen LogP contribution >= 0.6 is 39.3 Å². The number of nitrogens with one attached hydrogen (secondary N) is 1. The van der Waals surface area contributed by atoms with Crippen LogP contribution in [0.15, 0.2) is 64.7 Å². The lowest BCUT2D eigenvalue weighted by Crippen LogP contribution is -2.14. The summed E-state index contributed by atoms with van der Waals surface area (Å²) in [5.41, 5.74) is 1.21. The van der Waals surface area contributed by atoms with Crippen molar-refractivity contribution in [3.8, 4) is 17.1 Å². The molecular formula is C19H16BrClN4O2S. The number of amides is 1. The molecule has 0 radical (unpaired) electrons. The number of halogens is 2. The predicted molar refractivity (Wildman–Crippen MR) is 116 cm³/mol. The molecule has 0 spiro atoms. The number of phenolic OH excluding ortho intramolecular Hbond substituents is 1. The number of rotatable bonds is 7. The number of nitrogens with zero attached hydrogens (tertiary/aromatic N) is 3. The second-order valence-corrected chi connectivity index (χ2v) is 8.01. The summed E-state index contributed by atoms with van der Waals surface area (Å²) < 4.78 is 2.61. The molecule has 0 aliphatic heterocycles. The van der Waals surface area contributed by atoms with Crippen LogP contribution in [0, 0.1) is 0 Å². The molecule has 0 fully saturated rings. The highest BCUT2D eigenvalue weighted by Gasteiger charge is 2.17. The molecule has 1 heterocycles. The van der Waals surface area contributed by atoms with Gasteiger partial charge in [-0.2, -0.15) is 0 Å². The third kappa shape index (κ3) is 4.95. The maximum atomic E-state index is 12.2. The van der Waals surface area contributed by atoms with E-state index in [1.165, 1.54) is 11.8 Å². The number of carbonyl (C=O) groups is 1. The Kier molecular flexibility index (Phi) is 6.77. The molecular weight excluding hydrogens is 464 g/mol. The molecule has 0 bridgehead atoms. The first-order valence-electron chi connectivity index (χ1n) is 8.19. The summed E-state index contributed by atoms with van der Waals surface area (Å²) >= 11 is 10.5. The monoisotopic (exact) mass is 478 g/mol.